The summed E-state index contributed by atoms with van der Waals surface area (Å²) in [6.45, 7) is 3.52. The van der Waals surface area contributed by atoms with Gasteiger partial charge < -0.3 is 10.4 Å². The first kappa shape index (κ1) is 17.4. The van der Waals surface area contributed by atoms with E-state index in [1.165, 1.54) is 12.1 Å². The van der Waals surface area contributed by atoms with E-state index in [2.05, 4.69) is 10.6 Å². The summed E-state index contributed by atoms with van der Waals surface area (Å²) in [5, 5.41) is 14.2. The average Bonchev–Trinajstić information content (AvgIpc) is 2.42. The van der Waals surface area contributed by atoms with Gasteiger partial charge in [0.05, 0.1) is 11.6 Å². The molecule has 21 heavy (non-hydrogen) atoms. The second-order valence-corrected chi connectivity index (χ2v) is 5.17. The molecule has 1 aromatic rings. The average molecular weight is 317 g/mol. The van der Waals surface area contributed by atoms with Crippen LogP contribution in [0.3, 0.4) is 0 Å². The Kier molecular flexibility index (Phi) is 6.58. The summed E-state index contributed by atoms with van der Waals surface area (Å²) < 4.78 is 13.0. The Balaban J connectivity index is 2.56. The van der Waals surface area contributed by atoms with Crippen molar-refractivity contribution in [1.29, 1.82) is 0 Å². The molecule has 0 bridgehead atoms. The second kappa shape index (κ2) is 7.95. The summed E-state index contributed by atoms with van der Waals surface area (Å²) in [7, 11) is 0. The van der Waals surface area contributed by atoms with Crippen LogP contribution < -0.4 is 10.6 Å². The highest BCUT2D eigenvalue weighted by molar-refractivity contribution is 6.31. The van der Waals surface area contributed by atoms with Gasteiger partial charge in [0.2, 0.25) is 5.91 Å². The number of hydrogen-bond donors (Lipinski definition) is 3. The largest absolute Gasteiger partial charge is 0.480 e. The van der Waals surface area contributed by atoms with Gasteiger partial charge in [-0.15, -0.1) is 0 Å². The minimum absolute atomic E-state index is 0.0937. The molecule has 0 aromatic heterocycles. The van der Waals surface area contributed by atoms with Crippen LogP contribution in [0.4, 0.5) is 10.1 Å². The Morgan fingerprint density at radius 3 is 2.62 bits per heavy atom. The van der Waals surface area contributed by atoms with Gasteiger partial charge in [0.25, 0.3) is 0 Å². The maximum atomic E-state index is 13.0. The van der Waals surface area contributed by atoms with Crippen molar-refractivity contribution < 1.29 is 19.1 Å². The molecule has 0 unspecified atom stereocenters. The topological polar surface area (TPSA) is 78.4 Å². The highest BCUT2D eigenvalue weighted by Gasteiger charge is 2.23. The van der Waals surface area contributed by atoms with Crippen LogP contribution in [0.1, 0.15) is 20.3 Å². The van der Waals surface area contributed by atoms with Gasteiger partial charge >= 0.3 is 5.97 Å². The van der Waals surface area contributed by atoms with Crippen molar-refractivity contribution in [3.05, 3.63) is 29.0 Å². The summed E-state index contributed by atoms with van der Waals surface area (Å²) in [5.74, 6) is -2.10. The van der Waals surface area contributed by atoms with Crippen LogP contribution >= 0.6 is 11.6 Å². The molecule has 0 fully saturated rings. The fourth-order valence-corrected chi connectivity index (χ4v) is 1.93. The molecule has 0 spiro atoms. The molecular weight excluding hydrogens is 299 g/mol. The van der Waals surface area contributed by atoms with Crippen molar-refractivity contribution in [2.75, 3.05) is 11.9 Å². The third-order valence-electron chi connectivity index (χ3n) is 3.16. The molecule has 116 valence electrons. The van der Waals surface area contributed by atoms with Crippen molar-refractivity contribution in [3.8, 4) is 0 Å². The molecule has 0 radical (unpaired) electrons. The number of hydrogen-bond acceptors (Lipinski definition) is 3. The molecule has 0 aliphatic rings. The fourth-order valence-electron chi connectivity index (χ4n) is 1.75. The van der Waals surface area contributed by atoms with Crippen LogP contribution in [0.5, 0.6) is 0 Å². The predicted octanol–water partition coefficient (Wildman–Crippen LogP) is 2.51. The number of amides is 1. The molecule has 1 rings (SSSR count). The number of anilines is 1. The van der Waals surface area contributed by atoms with Crippen LogP contribution in [0.15, 0.2) is 18.2 Å². The van der Waals surface area contributed by atoms with Crippen molar-refractivity contribution >= 4 is 29.2 Å². The molecule has 0 aliphatic carbocycles. The molecule has 1 aromatic carbocycles. The van der Waals surface area contributed by atoms with Gasteiger partial charge in [0, 0.05) is 5.69 Å². The Morgan fingerprint density at radius 2 is 2.10 bits per heavy atom. The first-order valence-corrected chi connectivity index (χ1v) is 6.94. The smallest absolute Gasteiger partial charge is 0.320 e. The quantitative estimate of drug-likeness (QED) is 0.722. The van der Waals surface area contributed by atoms with Gasteiger partial charge in [-0.2, -0.15) is 0 Å². The first-order valence-electron chi connectivity index (χ1n) is 6.56. The van der Waals surface area contributed by atoms with E-state index in [-0.39, 0.29) is 17.5 Å². The lowest BCUT2D eigenvalue weighted by molar-refractivity contribution is -0.140. The lowest BCUT2D eigenvalue weighted by Crippen LogP contribution is -2.45. The standard InChI is InChI=1S/C14H18ClFN2O3/c1-3-8(2)13(14(20)21)17-7-12(19)18-9-4-5-11(16)10(15)6-9/h4-6,8,13,17H,3,7H2,1-2H3,(H,18,19)(H,20,21)/t8-,13-/m0/s1. The number of aliphatic carboxylic acids is 1. The predicted molar refractivity (Wildman–Crippen MR) is 78.9 cm³/mol. The lowest BCUT2D eigenvalue weighted by Gasteiger charge is -2.19. The number of carboxylic acid groups (broad SMARTS) is 1. The van der Waals surface area contributed by atoms with E-state index in [1.807, 2.05) is 6.92 Å². The molecule has 1 amide bonds. The molecule has 0 heterocycles. The van der Waals surface area contributed by atoms with E-state index in [4.69, 9.17) is 16.7 Å². The number of benzene rings is 1. The number of carbonyl (C=O) groups excluding carboxylic acids is 1. The SMILES string of the molecule is CC[C@H](C)[C@H](NCC(=O)Nc1ccc(F)c(Cl)c1)C(=O)O. The maximum absolute atomic E-state index is 13.0. The van der Waals surface area contributed by atoms with E-state index in [9.17, 15) is 14.0 Å². The van der Waals surface area contributed by atoms with Crippen LogP contribution in [-0.4, -0.2) is 29.6 Å². The van der Waals surface area contributed by atoms with Gasteiger partial charge in [-0.1, -0.05) is 31.9 Å². The van der Waals surface area contributed by atoms with Gasteiger partial charge in [-0.3, -0.25) is 14.9 Å². The van der Waals surface area contributed by atoms with Crippen LogP contribution in [0.25, 0.3) is 0 Å². The highest BCUT2D eigenvalue weighted by atomic mass is 35.5. The van der Waals surface area contributed by atoms with Crippen LogP contribution in [0, 0.1) is 11.7 Å². The van der Waals surface area contributed by atoms with E-state index in [0.717, 1.165) is 6.07 Å². The van der Waals surface area contributed by atoms with Crippen LogP contribution in [-0.2, 0) is 9.59 Å². The molecule has 2 atom stereocenters. The van der Waals surface area contributed by atoms with Crippen molar-refractivity contribution in [2.24, 2.45) is 5.92 Å². The van der Waals surface area contributed by atoms with Crippen molar-refractivity contribution in [1.82, 2.24) is 5.32 Å². The summed E-state index contributed by atoms with van der Waals surface area (Å²) in [5.41, 5.74) is 0.351. The molecule has 3 N–H and O–H groups in total. The minimum atomic E-state index is -0.998. The monoisotopic (exact) mass is 316 g/mol. The number of rotatable bonds is 7. The Hall–Kier alpha value is -1.66. The maximum Gasteiger partial charge on any atom is 0.320 e. The third-order valence-corrected chi connectivity index (χ3v) is 3.45. The van der Waals surface area contributed by atoms with Gasteiger partial charge in [0.1, 0.15) is 11.9 Å². The van der Waals surface area contributed by atoms with E-state index in [1.54, 1.807) is 6.92 Å². The van der Waals surface area contributed by atoms with E-state index in [0.29, 0.717) is 12.1 Å². The normalized spacial score (nSPS) is 13.5. The zero-order valence-corrected chi connectivity index (χ0v) is 12.6. The number of carbonyl (C=O) groups is 2. The molecule has 0 saturated heterocycles. The minimum Gasteiger partial charge on any atom is -0.480 e. The summed E-state index contributed by atoms with van der Waals surface area (Å²) in [6.07, 6.45) is 0.680. The Labute approximate surface area is 127 Å². The summed E-state index contributed by atoms with van der Waals surface area (Å²) in [4.78, 5) is 22.8. The zero-order valence-electron chi connectivity index (χ0n) is 11.8. The second-order valence-electron chi connectivity index (χ2n) is 4.76. The number of carboxylic acids is 1. The molecular formula is C14H18ClFN2O3. The van der Waals surface area contributed by atoms with E-state index >= 15 is 0 Å². The Morgan fingerprint density at radius 1 is 1.43 bits per heavy atom. The number of nitrogens with one attached hydrogen (secondary N) is 2. The van der Waals surface area contributed by atoms with Crippen LogP contribution in [0.2, 0.25) is 5.02 Å². The summed E-state index contributed by atoms with van der Waals surface area (Å²) >= 11 is 5.61. The Bertz CT molecular complexity index is 525. The lowest BCUT2D eigenvalue weighted by atomic mass is 9.99. The third kappa shape index (κ3) is 5.32. The summed E-state index contributed by atoms with van der Waals surface area (Å²) in [6, 6.07) is 3.02. The first-order chi connectivity index (χ1) is 9.85. The van der Waals surface area contributed by atoms with Crippen molar-refractivity contribution in [3.63, 3.8) is 0 Å². The molecule has 0 saturated carbocycles. The van der Waals surface area contributed by atoms with Gasteiger partial charge in [-0.25, -0.2) is 4.39 Å². The molecule has 5 nitrogen and oxygen atoms in total. The number of halogens is 2. The van der Waals surface area contributed by atoms with E-state index < -0.39 is 23.7 Å². The fraction of sp³-hybridized carbons (Fsp3) is 0.429. The molecule has 0 aliphatic heterocycles. The highest BCUT2D eigenvalue weighted by Crippen LogP contribution is 2.19. The zero-order chi connectivity index (χ0) is 16.0. The van der Waals surface area contributed by atoms with Gasteiger partial charge in [0.15, 0.2) is 0 Å². The van der Waals surface area contributed by atoms with Crippen molar-refractivity contribution in [2.45, 2.75) is 26.3 Å². The van der Waals surface area contributed by atoms with Gasteiger partial charge in [-0.05, 0) is 24.1 Å². The molecule has 7 heteroatoms.